The van der Waals surface area contributed by atoms with E-state index in [1.165, 1.54) is 0 Å². The van der Waals surface area contributed by atoms with E-state index in [2.05, 4.69) is 4.90 Å². The van der Waals surface area contributed by atoms with Crippen molar-refractivity contribution in [3.05, 3.63) is 22.4 Å². The molecule has 0 N–H and O–H groups in total. The predicted octanol–water partition coefficient (Wildman–Crippen LogP) is 2.69. The Morgan fingerprint density at radius 1 is 1.56 bits per heavy atom. The fourth-order valence-corrected chi connectivity index (χ4v) is 2.14. The highest BCUT2D eigenvalue weighted by atomic mass is 32.1. The number of carbonyl (C=O) groups is 1. The van der Waals surface area contributed by atoms with Crippen LogP contribution in [0.25, 0.3) is 0 Å². The normalized spacial score (nSPS) is 12.8. The van der Waals surface area contributed by atoms with E-state index in [1.807, 2.05) is 38.5 Å². The van der Waals surface area contributed by atoms with Crippen LogP contribution in [0.5, 0.6) is 0 Å². The smallest absolute Gasteiger partial charge is 0.306 e. The molecule has 0 fully saturated rings. The van der Waals surface area contributed by atoms with Crippen LogP contribution in [0, 0.1) is 0 Å². The van der Waals surface area contributed by atoms with Crippen LogP contribution in [0.15, 0.2) is 17.5 Å². The number of carbonyl (C=O) groups excluding carboxylic acids is 1. The summed E-state index contributed by atoms with van der Waals surface area (Å²) in [7, 11) is 4.04. The molecule has 16 heavy (non-hydrogen) atoms. The maximum Gasteiger partial charge on any atom is 0.306 e. The molecule has 0 amide bonds. The van der Waals surface area contributed by atoms with E-state index < -0.39 is 0 Å². The van der Waals surface area contributed by atoms with Gasteiger partial charge in [-0.05, 0) is 25.5 Å². The van der Waals surface area contributed by atoms with Crippen LogP contribution in [0.1, 0.15) is 30.7 Å². The standard InChI is InChI=1S/C12H19NO2S/c1-4-12(14)15-10(7-8-13(2)3)11-6-5-9-16-11/h5-6,9-10H,4,7-8H2,1-3H3/t10-/m0/s1. The van der Waals surface area contributed by atoms with Gasteiger partial charge < -0.3 is 9.64 Å². The monoisotopic (exact) mass is 241 g/mol. The number of rotatable bonds is 6. The molecule has 0 aliphatic rings. The Balaban J connectivity index is 2.58. The van der Waals surface area contributed by atoms with Gasteiger partial charge in [0.15, 0.2) is 0 Å². The summed E-state index contributed by atoms with van der Waals surface area (Å²) in [6, 6.07) is 4.01. The van der Waals surface area contributed by atoms with Crippen LogP contribution in [0.2, 0.25) is 0 Å². The Morgan fingerprint density at radius 3 is 2.81 bits per heavy atom. The molecule has 0 radical (unpaired) electrons. The highest BCUT2D eigenvalue weighted by molar-refractivity contribution is 7.10. The van der Waals surface area contributed by atoms with E-state index >= 15 is 0 Å². The first kappa shape index (κ1) is 13.2. The first-order chi connectivity index (χ1) is 7.63. The van der Waals surface area contributed by atoms with Gasteiger partial charge in [0.1, 0.15) is 6.10 Å². The molecule has 1 aromatic rings. The van der Waals surface area contributed by atoms with Gasteiger partial charge >= 0.3 is 5.97 Å². The fourth-order valence-electron chi connectivity index (χ4n) is 1.35. The Kier molecular flexibility index (Phi) is 5.49. The molecule has 0 aromatic carbocycles. The van der Waals surface area contributed by atoms with Crippen LogP contribution >= 0.6 is 11.3 Å². The van der Waals surface area contributed by atoms with E-state index in [0.717, 1.165) is 17.8 Å². The molecule has 0 unspecified atom stereocenters. The summed E-state index contributed by atoms with van der Waals surface area (Å²) in [5, 5.41) is 2.01. The number of hydrogen-bond donors (Lipinski definition) is 0. The number of ether oxygens (including phenoxy) is 1. The van der Waals surface area contributed by atoms with Gasteiger partial charge in [-0.2, -0.15) is 0 Å². The second kappa shape index (κ2) is 6.66. The molecule has 0 bridgehead atoms. The Hall–Kier alpha value is -0.870. The summed E-state index contributed by atoms with van der Waals surface area (Å²) in [5.41, 5.74) is 0. The number of hydrogen-bond acceptors (Lipinski definition) is 4. The summed E-state index contributed by atoms with van der Waals surface area (Å²) in [5.74, 6) is -0.128. The Labute approximate surface area is 101 Å². The van der Waals surface area contributed by atoms with Crippen molar-refractivity contribution in [2.45, 2.75) is 25.9 Å². The lowest BCUT2D eigenvalue weighted by atomic mass is 10.2. The molecule has 0 spiro atoms. The van der Waals surface area contributed by atoms with Gasteiger partial charge in [-0.25, -0.2) is 0 Å². The molecule has 4 heteroatoms. The number of thiophene rings is 1. The summed E-state index contributed by atoms with van der Waals surface area (Å²) < 4.78 is 5.44. The molecule has 1 atom stereocenters. The van der Waals surface area contributed by atoms with Crippen LogP contribution in [0.3, 0.4) is 0 Å². The molecule has 0 saturated carbocycles. The van der Waals surface area contributed by atoms with Crippen molar-refractivity contribution in [3.63, 3.8) is 0 Å². The SMILES string of the molecule is CCC(=O)O[C@@H](CCN(C)C)c1cccs1. The topological polar surface area (TPSA) is 29.5 Å². The third-order valence-corrected chi connectivity index (χ3v) is 3.23. The summed E-state index contributed by atoms with van der Waals surface area (Å²) in [6.45, 7) is 2.74. The van der Waals surface area contributed by atoms with Gasteiger partial charge in [-0.15, -0.1) is 11.3 Å². The molecule has 0 aliphatic carbocycles. The fraction of sp³-hybridized carbons (Fsp3) is 0.583. The van der Waals surface area contributed by atoms with Gasteiger partial charge in [0.05, 0.1) is 0 Å². The molecular weight excluding hydrogens is 222 g/mol. The zero-order valence-electron chi connectivity index (χ0n) is 10.1. The van der Waals surface area contributed by atoms with Crippen LogP contribution in [0.4, 0.5) is 0 Å². The van der Waals surface area contributed by atoms with Gasteiger partial charge in [-0.1, -0.05) is 13.0 Å². The van der Waals surface area contributed by atoms with E-state index in [1.54, 1.807) is 11.3 Å². The van der Waals surface area contributed by atoms with E-state index in [4.69, 9.17) is 4.74 Å². The van der Waals surface area contributed by atoms with E-state index in [-0.39, 0.29) is 12.1 Å². The largest absolute Gasteiger partial charge is 0.457 e. The summed E-state index contributed by atoms with van der Waals surface area (Å²) >= 11 is 1.64. The van der Waals surface area contributed by atoms with Crippen LogP contribution in [-0.2, 0) is 9.53 Å². The average molecular weight is 241 g/mol. The maximum absolute atomic E-state index is 11.3. The van der Waals surface area contributed by atoms with Crippen molar-refractivity contribution in [3.8, 4) is 0 Å². The Bertz CT molecular complexity index is 309. The van der Waals surface area contributed by atoms with E-state index in [9.17, 15) is 4.79 Å². The second-order valence-electron chi connectivity index (χ2n) is 3.94. The highest BCUT2D eigenvalue weighted by Gasteiger charge is 2.16. The minimum Gasteiger partial charge on any atom is -0.457 e. The third-order valence-electron chi connectivity index (χ3n) is 2.26. The zero-order valence-corrected chi connectivity index (χ0v) is 10.9. The molecule has 0 aliphatic heterocycles. The van der Waals surface area contributed by atoms with E-state index in [0.29, 0.717) is 6.42 Å². The molecule has 0 saturated heterocycles. The molecule has 3 nitrogen and oxygen atoms in total. The van der Waals surface area contributed by atoms with Gasteiger partial charge in [0.25, 0.3) is 0 Å². The van der Waals surface area contributed by atoms with Crippen LogP contribution in [-0.4, -0.2) is 31.5 Å². The number of esters is 1. The molecular formula is C12H19NO2S. The lowest BCUT2D eigenvalue weighted by molar-refractivity contribution is -0.149. The van der Waals surface area contributed by atoms with Crippen molar-refractivity contribution in [1.29, 1.82) is 0 Å². The minimum atomic E-state index is -0.128. The van der Waals surface area contributed by atoms with Gasteiger partial charge in [0.2, 0.25) is 0 Å². The first-order valence-corrected chi connectivity index (χ1v) is 6.39. The number of nitrogens with zero attached hydrogens (tertiary/aromatic N) is 1. The molecule has 1 aromatic heterocycles. The summed E-state index contributed by atoms with van der Waals surface area (Å²) in [6.07, 6.45) is 1.19. The molecule has 1 heterocycles. The lowest BCUT2D eigenvalue weighted by Gasteiger charge is -2.18. The van der Waals surface area contributed by atoms with Crippen molar-refractivity contribution >= 4 is 17.3 Å². The van der Waals surface area contributed by atoms with Crippen molar-refractivity contribution in [2.75, 3.05) is 20.6 Å². The quantitative estimate of drug-likeness (QED) is 0.717. The van der Waals surface area contributed by atoms with Crippen molar-refractivity contribution < 1.29 is 9.53 Å². The maximum atomic E-state index is 11.3. The lowest BCUT2D eigenvalue weighted by Crippen LogP contribution is -2.18. The zero-order chi connectivity index (χ0) is 12.0. The first-order valence-electron chi connectivity index (χ1n) is 5.51. The summed E-state index contributed by atoms with van der Waals surface area (Å²) in [4.78, 5) is 14.6. The van der Waals surface area contributed by atoms with Crippen molar-refractivity contribution in [2.24, 2.45) is 0 Å². The average Bonchev–Trinajstić information content (AvgIpc) is 2.76. The molecule has 1 rings (SSSR count). The highest BCUT2D eigenvalue weighted by Crippen LogP contribution is 2.26. The van der Waals surface area contributed by atoms with Gasteiger partial charge in [0, 0.05) is 24.3 Å². The minimum absolute atomic E-state index is 0.0881. The van der Waals surface area contributed by atoms with Crippen molar-refractivity contribution in [1.82, 2.24) is 4.90 Å². The Morgan fingerprint density at radius 2 is 2.31 bits per heavy atom. The second-order valence-corrected chi connectivity index (χ2v) is 4.92. The third kappa shape index (κ3) is 4.33. The molecule has 90 valence electrons. The van der Waals surface area contributed by atoms with Crippen LogP contribution < -0.4 is 0 Å². The van der Waals surface area contributed by atoms with Gasteiger partial charge in [-0.3, -0.25) is 4.79 Å². The predicted molar refractivity (Wildman–Crippen MR) is 66.6 cm³/mol.